The van der Waals surface area contributed by atoms with Crippen LogP contribution in [0.15, 0.2) is 18.2 Å². The third-order valence-corrected chi connectivity index (χ3v) is 5.94. The fourth-order valence-electron chi connectivity index (χ4n) is 4.17. The summed E-state index contributed by atoms with van der Waals surface area (Å²) in [6, 6.07) is 5.48. The molecule has 0 bridgehead atoms. The smallest absolute Gasteiger partial charge is 0.453 e. The fraction of sp³-hybridized carbons (Fsp3) is 0.435. The molecule has 12 heteroatoms. The first-order valence-electron chi connectivity index (χ1n) is 11.0. The molecule has 0 N–H and O–H groups in total. The van der Waals surface area contributed by atoms with E-state index < -0.39 is 24.6 Å². The lowest BCUT2D eigenvalue weighted by molar-refractivity contribution is -0.147. The predicted octanol–water partition coefficient (Wildman–Crippen LogP) is 3.22. The predicted molar refractivity (Wildman–Crippen MR) is 118 cm³/mol. The van der Waals surface area contributed by atoms with Crippen molar-refractivity contribution in [2.45, 2.75) is 45.7 Å². The average Bonchev–Trinajstić information content (AvgIpc) is 3.26. The van der Waals surface area contributed by atoms with Gasteiger partial charge in [-0.05, 0) is 62.4 Å². The first kappa shape index (κ1) is 24.4. The number of hydrogen-bond acceptors (Lipinski definition) is 7. The Bertz CT molecular complexity index is 1290. The molecule has 1 aliphatic rings. The number of ether oxygens (including phenoxy) is 2. The van der Waals surface area contributed by atoms with E-state index in [1.54, 1.807) is 31.9 Å². The summed E-state index contributed by atoms with van der Waals surface area (Å²) in [7, 11) is 1.58. The summed E-state index contributed by atoms with van der Waals surface area (Å²) >= 11 is 0. The van der Waals surface area contributed by atoms with Crippen molar-refractivity contribution in [2.75, 3.05) is 25.2 Å². The Morgan fingerprint density at radius 1 is 1.17 bits per heavy atom. The van der Waals surface area contributed by atoms with Crippen LogP contribution in [0.4, 0.5) is 18.9 Å². The van der Waals surface area contributed by atoms with Gasteiger partial charge in [0, 0.05) is 30.0 Å². The standard InChI is InChI=1S/C23H24F3N5O4/c1-13-17(14(2)31-22(27-13)28-21(29-31)23(24,25)26)7-9-20(33)35-12-19(32)30-10-4-5-15-11-16(34-3)6-8-18(15)30/h6,8,11H,4-5,7,9-10,12H2,1-3H3. The van der Waals surface area contributed by atoms with Gasteiger partial charge in [0.2, 0.25) is 0 Å². The normalized spacial score (nSPS) is 13.6. The van der Waals surface area contributed by atoms with Crippen LogP contribution in [0, 0.1) is 13.8 Å². The second-order valence-electron chi connectivity index (χ2n) is 8.21. The molecule has 2 aromatic heterocycles. The molecule has 186 valence electrons. The summed E-state index contributed by atoms with van der Waals surface area (Å²) < 4.78 is 50.3. The molecule has 4 rings (SSSR count). The molecule has 0 aliphatic carbocycles. The first-order valence-corrected chi connectivity index (χ1v) is 11.0. The number of carbonyl (C=O) groups excluding carboxylic acids is 2. The number of aromatic nitrogens is 4. The van der Waals surface area contributed by atoms with Crippen LogP contribution in [0.1, 0.15) is 41.2 Å². The van der Waals surface area contributed by atoms with Crippen molar-refractivity contribution in [1.82, 2.24) is 19.6 Å². The molecular formula is C23H24F3N5O4. The SMILES string of the molecule is COc1ccc2c(c1)CCCN2C(=O)COC(=O)CCc1c(C)nc2nc(C(F)(F)F)nn2c1C. The summed E-state index contributed by atoms with van der Waals surface area (Å²) in [4.78, 5) is 34.2. The first-order chi connectivity index (χ1) is 16.6. The zero-order chi connectivity index (χ0) is 25.3. The lowest BCUT2D eigenvalue weighted by atomic mass is 10.0. The Kier molecular flexibility index (Phi) is 6.64. The molecule has 3 aromatic rings. The number of halogens is 3. The van der Waals surface area contributed by atoms with Gasteiger partial charge in [-0.1, -0.05) is 0 Å². The molecule has 9 nitrogen and oxygen atoms in total. The van der Waals surface area contributed by atoms with Gasteiger partial charge in [-0.25, -0.2) is 9.50 Å². The zero-order valence-electron chi connectivity index (χ0n) is 19.5. The maximum atomic E-state index is 12.9. The third kappa shape index (κ3) is 5.05. The minimum absolute atomic E-state index is 0.0727. The number of methoxy groups -OCH3 is 1. The number of aryl methyl sites for hydroxylation is 3. The summed E-state index contributed by atoms with van der Waals surface area (Å²) in [6.45, 7) is 3.33. The summed E-state index contributed by atoms with van der Waals surface area (Å²) in [6.07, 6.45) is -2.99. The number of fused-ring (bicyclic) bond motifs is 2. The summed E-state index contributed by atoms with van der Waals surface area (Å²) in [5.41, 5.74) is 3.18. The fourth-order valence-corrected chi connectivity index (χ4v) is 4.17. The second-order valence-corrected chi connectivity index (χ2v) is 8.21. The van der Waals surface area contributed by atoms with Crippen molar-refractivity contribution in [1.29, 1.82) is 0 Å². The minimum Gasteiger partial charge on any atom is -0.497 e. The lowest BCUT2D eigenvalue weighted by Gasteiger charge is -2.29. The quantitative estimate of drug-likeness (QED) is 0.488. The number of amides is 1. The van der Waals surface area contributed by atoms with Crippen molar-refractivity contribution in [3.8, 4) is 5.75 Å². The van der Waals surface area contributed by atoms with Crippen molar-refractivity contribution in [3.63, 3.8) is 0 Å². The van der Waals surface area contributed by atoms with Crippen molar-refractivity contribution >= 4 is 23.3 Å². The minimum atomic E-state index is -4.69. The van der Waals surface area contributed by atoms with Crippen molar-refractivity contribution in [2.24, 2.45) is 0 Å². The van der Waals surface area contributed by atoms with E-state index in [1.807, 2.05) is 12.1 Å². The molecule has 3 heterocycles. The van der Waals surface area contributed by atoms with Crippen LogP contribution in [0.2, 0.25) is 0 Å². The van der Waals surface area contributed by atoms with Crippen LogP contribution in [-0.4, -0.2) is 51.7 Å². The number of anilines is 1. The Balaban J connectivity index is 1.38. The van der Waals surface area contributed by atoms with Gasteiger partial charge in [-0.15, -0.1) is 5.10 Å². The maximum absolute atomic E-state index is 12.9. The number of alkyl halides is 3. The van der Waals surface area contributed by atoms with Crippen LogP contribution < -0.4 is 9.64 Å². The van der Waals surface area contributed by atoms with Crippen LogP contribution in [0.3, 0.4) is 0 Å². The molecule has 0 radical (unpaired) electrons. The lowest BCUT2D eigenvalue weighted by Crippen LogP contribution is -2.38. The largest absolute Gasteiger partial charge is 0.497 e. The average molecular weight is 491 g/mol. The molecule has 0 fully saturated rings. The van der Waals surface area contributed by atoms with Crippen LogP contribution in [0.25, 0.3) is 5.78 Å². The van der Waals surface area contributed by atoms with Gasteiger partial charge in [0.25, 0.3) is 17.5 Å². The molecule has 0 saturated carbocycles. The van der Waals surface area contributed by atoms with E-state index in [4.69, 9.17) is 9.47 Å². The van der Waals surface area contributed by atoms with Gasteiger partial charge in [0.15, 0.2) is 6.61 Å². The van der Waals surface area contributed by atoms with E-state index in [2.05, 4.69) is 15.1 Å². The highest BCUT2D eigenvalue weighted by molar-refractivity contribution is 5.96. The monoisotopic (exact) mass is 491 g/mol. The molecule has 0 atom stereocenters. The zero-order valence-corrected chi connectivity index (χ0v) is 19.5. The maximum Gasteiger partial charge on any atom is 0.453 e. The number of nitrogens with zero attached hydrogens (tertiary/aromatic N) is 5. The highest BCUT2D eigenvalue weighted by Crippen LogP contribution is 2.31. The topological polar surface area (TPSA) is 98.9 Å². The van der Waals surface area contributed by atoms with Gasteiger partial charge in [0.05, 0.1) is 7.11 Å². The van der Waals surface area contributed by atoms with E-state index in [9.17, 15) is 22.8 Å². The Morgan fingerprint density at radius 2 is 1.94 bits per heavy atom. The van der Waals surface area contributed by atoms with Gasteiger partial charge < -0.3 is 14.4 Å². The number of benzene rings is 1. The van der Waals surface area contributed by atoms with Crippen molar-refractivity contribution < 1.29 is 32.2 Å². The molecule has 0 unspecified atom stereocenters. The Hall–Kier alpha value is -3.70. The second kappa shape index (κ2) is 9.51. The highest BCUT2D eigenvalue weighted by Gasteiger charge is 2.37. The molecule has 0 saturated heterocycles. The van der Waals surface area contributed by atoms with Crippen LogP contribution in [-0.2, 0) is 33.3 Å². The molecule has 1 aliphatic heterocycles. The van der Waals surface area contributed by atoms with E-state index in [-0.39, 0.29) is 24.5 Å². The molecule has 35 heavy (non-hydrogen) atoms. The van der Waals surface area contributed by atoms with E-state index >= 15 is 0 Å². The molecule has 1 aromatic carbocycles. The number of esters is 1. The highest BCUT2D eigenvalue weighted by atomic mass is 19.4. The van der Waals surface area contributed by atoms with Crippen LogP contribution in [0.5, 0.6) is 5.75 Å². The molecule has 0 spiro atoms. The Morgan fingerprint density at radius 3 is 2.66 bits per heavy atom. The number of rotatable bonds is 6. The van der Waals surface area contributed by atoms with Gasteiger partial charge in [-0.3, -0.25) is 9.59 Å². The summed E-state index contributed by atoms with van der Waals surface area (Å²) in [5.74, 6) is -1.66. The Labute approximate surface area is 198 Å². The van der Waals surface area contributed by atoms with E-state index in [0.717, 1.165) is 28.6 Å². The van der Waals surface area contributed by atoms with Crippen molar-refractivity contribution in [3.05, 3.63) is 46.5 Å². The molecular weight excluding hydrogens is 467 g/mol. The van der Waals surface area contributed by atoms with Gasteiger partial charge in [0.1, 0.15) is 5.75 Å². The van der Waals surface area contributed by atoms with Gasteiger partial charge >= 0.3 is 12.1 Å². The van der Waals surface area contributed by atoms with Gasteiger partial charge in [-0.2, -0.15) is 18.2 Å². The number of hydrogen-bond donors (Lipinski definition) is 0. The van der Waals surface area contributed by atoms with E-state index in [1.165, 1.54) is 0 Å². The number of carbonyl (C=O) groups is 2. The van der Waals surface area contributed by atoms with E-state index in [0.29, 0.717) is 29.2 Å². The molecule has 1 amide bonds. The van der Waals surface area contributed by atoms with Crippen LogP contribution >= 0.6 is 0 Å². The summed E-state index contributed by atoms with van der Waals surface area (Å²) in [5, 5.41) is 3.50. The third-order valence-electron chi connectivity index (χ3n) is 5.94.